The minimum absolute atomic E-state index is 0.0912. The third-order valence-corrected chi connectivity index (χ3v) is 4.11. The topological polar surface area (TPSA) is 72.6 Å². The largest absolute Gasteiger partial charge is 0.454 e. The Kier molecular flexibility index (Phi) is 3.67. The van der Waals surface area contributed by atoms with Gasteiger partial charge in [0.25, 0.3) is 5.91 Å². The van der Waals surface area contributed by atoms with Gasteiger partial charge in [0.2, 0.25) is 6.79 Å². The number of amides is 1. The zero-order chi connectivity index (χ0) is 15.6. The van der Waals surface area contributed by atoms with Gasteiger partial charge in [-0.15, -0.1) is 0 Å². The molecule has 2 aliphatic heterocycles. The van der Waals surface area contributed by atoms with Crippen molar-refractivity contribution in [2.75, 3.05) is 20.0 Å². The van der Waals surface area contributed by atoms with E-state index in [9.17, 15) is 4.79 Å². The van der Waals surface area contributed by atoms with E-state index >= 15 is 0 Å². The predicted octanol–water partition coefficient (Wildman–Crippen LogP) is 2.32. The van der Waals surface area contributed by atoms with Crippen LogP contribution in [-0.4, -0.2) is 36.9 Å². The van der Waals surface area contributed by atoms with E-state index in [1.165, 1.54) is 0 Å². The Labute approximate surface area is 133 Å². The maximum absolute atomic E-state index is 12.3. The van der Waals surface area contributed by atoms with Gasteiger partial charge in [-0.1, -0.05) is 0 Å². The van der Waals surface area contributed by atoms with E-state index in [0.717, 1.165) is 42.2 Å². The molecule has 3 heterocycles. The molecule has 0 radical (unpaired) electrons. The highest BCUT2D eigenvalue weighted by atomic mass is 16.7. The fourth-order valence-electron chi connectivity index (χ4n) is 2.88. The van der Waals surface area contributed by atoms with Crippen LogP contribution in [-0.2, 0) is 4.74 Å². The van der Waals surface area contributed by atoms with Crippen LogP contribution in [0.4, 0.5) is 0 Å². The summed E-state index contributed by atoms with van der Waals surface area (Å²) in [6, 6.07) is 9.50. The van der Waals surface area contributed by atoms with E-state index in [1.54, 1.807) is 6.07 Å². The van der Waals surface area contributed by atoms with Crippen molar-refractivity contribution < 1.29 is 19.0 Å². The molecule has 1 saturated heterocycles. The molecule has 1 aromatic heterocycles. The summed E-state index contributed by atoms with van der Waals surface area (Å²) in [5, 5.41) is 3.00. The molecule has 1 aromatic carbocycles. The summed E-state index contributed by atoms with van der Waals surface area (Å²) < 4.78 is 16.1. The number of benzene rings is 1. The molecule has 1 amide bonds. The van der Waals surface area contributed by atoms with Crippen LogP contribution in [0.15, 0.2) is 30.3 Å². The Morgan fingerprint density at radius 1 is 1.17 bits per heavy atom. The Hall–Kier alpha value is -2.47. The SMILES string of the molecule is O=C(N[C@H]1CCCOC1)c1ccc(-c2ccc3c(c2)OCO3)[nH]1. The normalized spacial score (nSPS) is 19.6. The van der Waals surface area contributed by atoms with Crippen LogP contribution in [0.2, 0.25) is 0 Å². The second-order valence-electron chi connectivity index (χ2n) is 5.74. The molecule has 2 N–H and O–H groups in total. The van der Waals surface area contributed by atoms with E-state index in [1.807, 2.05) is 24.3 Å². The average molecular weight is 314 g/mol. The second kappa shape index (κ2) is 5.96. The first-order chi connectivity index (χ1) is 11.3. The number of rotatable bonds is 3. The first-order valence-electron chi connectivity index (χ1n) is 7.77. The quantitative estimate of drug-likeness (QED) is 0.912. The molecular formula is C17H18N2O4. The fourth-order valence-corrected chi connectivity index (χ4v) is 2.88. The molecule has 120 valence electrons. The highest BCUT2D eigenvalue weighted by Gasteiger charge is 2.19. The van der Waals surface area contributed by atoms with Gasteiger partial charge in [-0.2, -0.15) is 0 Å². The third-order valence-electron chi connectivity index (χ3n) is 4.11. The third kappa shape index (κ3) is 2.90. The minimum Gasteiger partial charge on any atom is -0.454 e. The van der Waals surface area contributed by atoms with Crippen molar-refractivity contribution in [1.29, 1.82) is 0 Å². The molecule has 6 nitrogen and oxygen atoms in total. The van der Waals surface area contributed by atoms with Crippen LogP contribution in [0.5, 0.6) is 11.5 Å². The van der Waals surface area contributed by atoms with Crippen LogP contribution < -0.4 is 14.8 Å². The number of hydrogen-bond donors (Lipinski definition) is 2. The van der Waals surface area contributed by atoms with Gasteiger partial charge in [-0.3, -0.25) is 4.79 Å². The van der Waals surface area contributed by atoms with E-state index in [-0.39, 0.29) is 18.7 Å². The van der Waals surface area contributed by atoms with Gasteiger partial charge in [0.1, 0.15) is 5.69 Å². The molecule has 0 spiro atoms. The molecule has 6 heteroatoms. The van der Waals surface area contributed by atoms with Gasteiger partial charge < -0.3 is 24.5 Å². The van der Waals surface area contributed by atoms with Crippen LogP contribution in [0.1, 0.15) is 23.3 Å². The van der Waals surface area contributed by atoms with Crippen molar-refractivity contribution in [2.45, 2.75) is 18.9 Å². The predicted molar refractivity (Wildman–Crippen MR) is 83.7 cm³/mol. The summed E-state index contributed by atoms with van der Waals surface area (Å²) in [4.78, 5) is 15.5. The molecule has 2 aliphatic rings. The second-order valence-corrected chi connectivity index (χ2v) is 5.74. The first-order valence-corrected chi connectivity index (χ1v) is 7.77. The molecule has 4 rings (SSSR count). The molecule has 2 aromatic rings. The molecule has 23 heavy (non-hydrogen) atoms. The van der Waals surface area contributed by atoms with Gasteiger partial charge in [0.15, 0.2) is 11.5 Å². The highest BCUT2D eigenvalue weighted by Crippen LogP contribution is 2.35. The Morgan fingerprint density at radius 2 is 2.09 bits per heavy atom. The lowest BCUT2D eigenvalue weighted by Gasteiger charge is -2.22. The van der Waals surface area contributed by atoms with E-state index in [2.05, 4.69) is 10.3 Å². The number of H-pyrrole nitrogens is 1. The molecule has 1 fully saturated rings. The van der Waals surface area contributed by atoms with Gasteiger partial charge in [-0.25, -0.2) is 0 Å². The summed E-state index contributed by atoms with van der Waals surface area (Å²) >= 11 is 0. The lowest BCUT2D eigenvalue weighted by Crippen LogP contribution is -2.40. The Balaban J connectivity index is 1.48. The average Bonchev–Trinajstić information content (AvgIpc) is 3.24. The van der Waals surface area contributed by atoms with Crippen LogP contribution >= 0.6 is 0 Å². The molecule has 0 aliphatic carbocycles. The summed E-state index contributed by atoms with van der Waals surface area (Å²) in [7, 11) is 0. The standard InChI is InChI=1S/C17H18N2O4/c20-17(18-12-2-1-7-21-9-12)14-5-4-13(19-14)11-3-6-15-16(8-11)23-10-22-15/h3-6,8,12,19H,1-2,7,9-10H2,(H,18,20)/t12-/m0/s1. The molecule has 0 bridgehead atoms. The van der Waals surface area contributed by atoms with Crippen LogP contribution in [0.3, 0.4) is 0 Å². The van der Waals surface area contributed by atoms with Crippen LogP contribution in [0.25, 0.3) is 11.3 Å². The van der Waals surface area contributed by atoms with E-state index < -0.39 is 0 Å². The molecule has 0 saturated carbocycles. The summed E-state index contributed by atoms with van der Waals surface area (Å²) in [6.07, 6.45) is 1.94. The minimum atomic E-state index is -0.104. The highest BCUT2D eigenvalue weighted by molar-refractivity contribution is 5.93. The van der Waals surface area contributed by atoms with Crippen molar-refractivity contribution in [3.8, 4) is 22.8 Å². The number of carbonyl (C=O) groups is 1. The molecule has 1 atom stereocenters. The Morgan fingerprint density at radius 3 is 2.96 bits per heavy atom. The van der Waals surface area contributed by atoms with Gasteiger partial charge >= 0.3 is 0 Å². The molecular weight excluding hydrogens is 296 g/mol. The maximum Gasteiger partial charge on any atom is 0.268 e. The zero-order valence-corrected chi connectivity index (χ0v) is 12.6. The lowest BCUT2D eigenvalue weighted by atomic mass is 10.1. The van der Waals surface area contributed by atoms with Crippen molar-refractivity contribution >= 4 is 5.91 Å². The summed E-state index contributed by atoms with van der Waals surface area (Å²) in [5.74, 6) is 1.37. The smallest absolute Gasteiger partial charge is 0.268 e. The fraction of sp³-hybridized carbons (Fsp3) is 0.353. The molecule has 0 unspecified atom stereocenters. The lowest BCUT2D eigenvalue weighted by molar-refractivity contribution is 0.0622. The summed E-state index contributed by atoms with van der Waals surface area (Å²) in [5.41, 5.74) is 2.37. The maximum atomic E-state index is 12.3. The van der Waals surface area contributed by atoms with Gasteiger partial charge in [0.05, 0.1) is 12.6 Å². The van der Waals surface area contributed by atoms with Crippen molar-refractivity contribution in [1.82, 2.24) is 10.3 Å². The van der Waals surface area contributed by atoms with E-state index in [0.29, 0.717) is 12.3 Å². The number of carbonyl (C=O) groups excluding carboxylic acids is 1. The van der Waals surface area contributed by atoms with Gasteiger partial charge in [0, 0.05) is 17.9 Å². The number of aromatic nitrogens is 1. The number of fused-ring (bicyclic) bond motifs is 1. The van der Waals surface area contributed by atoms with Crippen LogP contribution in [0, 0.1) is 0 Å². The monoisotopic (exact) mass is 314 g/mol. The number of hydrogen-bond acceptors (Lipinski definition) is 4. The van der Waals surface area contributed by atoms with Gasteiger partial charge in [-0.05, 0) is 43.2 Å². The number of nitrogens with one attached hydrogen (secondary N) is 2. The Bertz CT molecular complexity index is 719. The van der Waals surface area contributed by atoms with Crippen molar-refractivity contribution in [2.24, 2.45) is 0 Å². The van der Waals surface area contributed by atoms with Crippen molar-refractivity contribution in [3.05, 3.63) is 36.0 Å². The number of aromatic amines is 1. The van der Waals surface area contributed by atoms with Crippen molar-refractivity contribution in [3.63, 3.8) is 0 Å². The first kappa shape index (κ1) is 14.1. The number of ether oxygens (including phenoxy) is 3. The zero-order valence-electron chi connectivity index (χ0n) is 12.6. The summed E-state index contributed by atoms with van der Waals surface area (Å²) in [6.45, 7) is 1.62. The van der Waals surface area contributed by atoms with E-state index in [4.69, 9.17) is 14.2 Å².